The minimum atomic E-state index is 0.414. The molecule has 1 aliphatic heterocycles. The number of likely N-dealkylation sites (tertiary alicyclic amines) is 1. The summed E-state index contributed by atoms with van der Waals surface area (Å²) in [6, 6.07) is 0.838. The van der Waals surface area contributed by atoms with E-state index in [2.05, 4.69) is 43.1 Å². The molecule has 2 rings (SSSR count). The van der Waals surface area contributed by atoms with E-state index < -0.39 is 0 Å². The fraction of sp³-hybridized carbons (Fsp3) is 1.00. The molecule has 1 N–H and O–H groups in total. The molecular weight excluding hydrogens is 234 g/mol. The third-order valence-corrected chi connectivity index (χ3v) is 4.43. The van der Waals surface area contributed by atoms with E-state index in [1.54, 1.807) is 0 Å². The lowest BCUT2D eigenvalue weighted by Gasteiger charge is -2.38. The number of nitrogens with one attached hydrogen (secondary N) is 1. The van der Waals surface area contributed by atoms with Gasteiger partial charge in [0.05, 0.1) is 0 Å². The van der Waals surface area contributed by atoms with Gasteiger partial charge in [0.25, 0.3) is 0 Å². The summed E-state index contributed by atoms with van der Waals surface area (Å²) in [6.07, 6.45) is 5.55. The Bertz CT molecular complexity index is 263. The predicted molar refractivity (Wildman–Crippen MR) is 82.5 cm³/mol. The maximum atomic E-state index is 3.69. The highest BCUT2D eigenvalue weighted by molar-refractivity contribution is 4.86. The number of nitrogens with zero attached hydrogens (tertiary/aromatic N) is 2. The van der Waals surface area contributed by atoms with Gasteiger partial charge in [0.15, 0.2) is 0 Å². The highest BCUT2D eigenvalue weighted by Gasteiger charge is 2.28. The van der Waals surface area contributed by atoms with Crippen LogP contribution in [0.25, 0.3) is 0 Å². The fourth-order valence-electron chi connectivity index (χ4n) is 3.21. The van der Waals surface area contributed by atoms with Gasteiger partial charge in [-0.3, -0.25) is 0 Å². The van der Waals surface area contributed by atoms with Crippen molar-refractivity contribution in [2.45, 2.75) is 45.6 Å². The average Bonchev–Trinajstić information content (AvgIpc) is 3.12. The van der Waals surface area contributed by atoms with E-state index in [0.29, 0.717) is 5.41 Å². The Hall–Kier alpha value is -0.120. The van der Waals surface area contributed by atoms with Crippen LogP contribution in [0.1, 0.15) is 39.5 Å². The molecule has 1 aliphatic carbocycles. The second kappa shape index (κ2) is 6.55. The van der Waals surface area contributed by atoms with E-state index in [-0.39, 0.29) is 0 Å². The van der Waals surface area contributed by atoms with E-state index in [1.165, 1.54) is 58.4 Å². The molecule has 0 spiro atoms. The second-order valence-corrected chi connectivity index (χ2v) is 7.80. The molecule has 1 saturated heterocycles. The van der Waals surface area contributed by atoms with Crippen molar-refractivity contribution >= 4 is 0 Å². The molecule has 19 heavy (non-hydrogen) atoms. The summed E-state index contributed by atoms with van der Waals surface area (Å²) in [5.41, 5.74) is 0.414. The van der Waals surface area contributed by atoms with Crippen LogP contribution in [0.15, 0.2) is 0 Å². The van der Waals surface area contributed by atoms with Gasteiger partial charge in [-0.05, 0) is 64.2 Å². The summed E-state index contributed by atoms with van der Waals surface area (Å²) in [4.78, 5) is 5.02. The van der Waals surface area contributed by atoms with Crippen LogP contribution in [0.2, 0.25) is 0 Å². The van der Waals surface area contributed by atoms with Crippen LogP contribution in [0.3, 0.4) is 0 Å². The summed E-state index contributed by atoms with van der Waals surface area (Å²) < 4.78 is 0. The first-order chi connectivity index (χ1) is 8.94. The predicted octanol–water partition coefficient (Wildman–Crippen LogP) is 2.04. The zero-order valence-corrected chi connectivity index (χ0v) is 13.4. The molecule has 0 aromatic rings. The Morgan fingerprint density at radius 3 is 2.26 bits per heavy atom. The van der Waals surface area contributed by atoms with E-state index in [4.69, 9.17) is 0 Å². The van der Waals surface area contributed by atoms with E-state index in [9.17, 15) is 0 Å². The van der Waals surface area contributed by atoms with Gasteiger partial charge in [-0.15, -0.1) is 0 Å². The smallest absolute Gasteiger partial charge is 0.00684 e. The Morgan fingerprint density at radius 2 is 1.74 bits per heavy atom. The molecule has 2 fully saturated rings. The monoisotopic (exact) mass is 267 g/mol. The SMILES string of the molecule is CN(C)CC1CCN(CC(C)(C)CNC2CC2)CC1. The summed E-state index contributed by atoms with van der Waals surface area (Å²) in [5, 5.41) is 3.69. The standard InChI is InChI=1S/C16H33N3/c1-16(2,12-17-15-5-6-15)13-19-9-7-14(8-10-19)11-18(3)4/h14-15,17H,5-13H2,1-4H3. The maximum absolute atomic E-state index is 3.69. The van der Waals surface area contributed by atoms with E-state index in [0.717, 1.165) is 12.0 Å². The largest absolute Gasteiger partial charge is 0.313 e. The summed E-state index contributed by atoms with van der Waals surface area (Å²) >= 11 is 0. The van der Waals surface area contributed by atoms with Gasteiger partial charge in [0, 0.05) is 25.7 Å². The Morgan fingerprint density at radius 1 is 1.11 bits per heavy atom. The van der Waals surface area contributed by atoms with Crippen molar-refractivity contribution in [3.63, 3.8) is 0 Å². The summed E-state index contributed by atoms with van der Waals surface area (Å²) in [6.45, 7) is 11.1. The number of hydrogen-bond donors (Lipinski definition) is 1. The van der Waals surface area contributed by atoms with Gasteiger partial charge in [-0.1, -0.05) is 13.8 Å². The molecule has 2 aliphatic rings. The molecule has 1 saturated carbocycles. The van der Waals surface area contributed by atoms with Crippen LogP contribution in [0.4, 0.5) is 0 Å². The fourth-order valence-corrected chi connectivity index (χ4v) is 3.21. The molecule has 0 amide bonds. The zero-order chi connectivity index (χ0) is 13.9. The normalized spacial score (nSPS) is 23.2. The maximum Gasteiger partial charge on any atom is 0.00684 e. The van der Waals surface area contributed by atoms with Crippen molar-refractivity contribution < 1.29 is 0 Å². The second-order valence-electron chi connectivity index (χ2n) is 7.80. The molecule has 0 aromatic heterocycles. The van der Waals surface area contributed by atoms with Gasteiger partial charge in [-0.2, -0.15) is 0 Å². The lowest BCUT2D eigenvalue weighted by molar-refractivity contribution is 0.116. The van der Waals surface area contributed by atoms with Crippen LogP contribution in [-0.2, 0) is 0 Å². The van der Waals surface area contributed by atoms with Crippen molar-refractivity contribution in [2.75, 3.05) is 46.8 Å². The zero-order valence-electron chi connectivity index (χ0n) is 13.4. The third-order valence-electron chi connectivity index (χ3n) is 4.43. The number of hydrogen-bond acceptors (Lipinski definition) is 3. The van der Waals surface area contributed by atoms with Crippen molar-refractivity contribution in [2.24, 2.45) is 11.3 Å². The van der Waals surface area contributed by atoms with Crippen LogP contribution in [0.5, 0.6) is 0 Å². The van der Waals surface area contributed by atoms with Gasteiger partial charge in [0.1, 0.15) is 0 Å². The Kier molecular flexibility index (Phi) is 5.27. The molecule has 1 heterocycles. The van der Waals surface area contributed by atoms with Crippen LogP contribution < -0.4 is 5.32 Å². The quantitative estimate of drug-likeness (QED) is 0.761. The summed E-state index contributed by atoms with van der Waals surface area (Å²) in [5.74, 6) is 0.916. The molecule has 0 atom stereocenters. The topological polar surface area (TPSA) is 18.5 Å². The van der Waals surface area contributed by atoms with Crippen molar-refractivity contribution in [1.29, 1.82) is 0 Å². The third kappa shape index (κ3) is 5.80. The number of piperidine rings is 1. The lowest BCUT2D eigenvalue weighted by atomic mass is 9.90. The van der Waals surface area contributed by atoms with Crippen molar-refractivity contribution in [3.8, 4) is 0 Å². The minimum absolute atomic E-state index is 0.414. The Labute approximate surface area is 119 Å². The number of rotatable bonds is 7. The van der Waals surface area contributed by atoms with E-state index in [1.807, 2.05) is 0 Å². The van der Waals surface area contributed by atoms with Crippen molar-refractivity contribution in [1.82, 2.24) is 15.1 Å². The van der Waals surface area contributed by atoms with Gasteiger partial charge >= 0.3 is 0 Å². The van der Waals surface area contributed by atoms with E-state index >= 15 is 0 Å². The molecule has 0 radical (unpaired) electrons. The molecule has 112 valence electrons. The minimum Gasteiger partial charge on any atom is -0.313 e. The van der Waals surface area contributed by atoms with Crippen LogP contribution in [-0.4, -0.2) is 62.7 Å². The molecule has 0 aromatic carbocycles. The van der Waals surface area contributed by atoms with Gasteiger partial charge < -0.3 is 15.1 Å². The molecule has 3 heteroatoms. The average molecular weight is 267 g/mol. The van der Waals surface area contributed by atoms with Crippen LogP contribution in [0, 0.1) is 11.3 Å². The molecular formula is C16H33N3. The molecule has 0 unspecified atom stereocenters. The highest BCUT2D eigenvalue weighted by atomic mass is 15.1. The first-order valence-electron chi connectivity index (χ1n) is 8.05. The first-order valence-corrected chi connectivity index (χ1v) is 8.05. The summed E-state index contributed by atoms with van der Waals surface area (Å²) in [7, 11) is 4.39. The first kappa shape index (κ1) is 15.3. The Balaban J connectivity index is 1.65. The lowest BCUT2D eigenvalue weighted by Crippen LogP contribution is -2.45. The molecule has 3 nitrogen and oxygen atoms in total. The van der Waals surface area contributed by atoms with Crippen LogP contribution >= 0.6 is 0 Å². The van der Waals surface area contributed by atoms with Gasteiger partial charge in [0.2, 0.25) is 0 Å². The highest BCUT2D eigenvalue weighted by Crippen LogP contribution is 2.25. The van der Waals surface area contributed by atoms with Crippen molar-refractivity contribution in [3.05, 3.63) is 0 Å². The van der Waals surface area contributed by atoms with Gasteiger partial charge in [-0.25, -0.2) is 0 Å². The molecule has 0 bridgehead atoms.